The van der Waals surface area contributed by atoms with Crippen LogP contribution in [0.1, 0.15) is 56.6 Å². The summed E-state index contributed by atoms with van der Waals surface area (Å²) in [6, 6.07) is 4.74. The first-order chi connectivity index (χ1) is 10.3. The Morgan fingerprint density at radius 2 is 1.86 bits per heavy atom. The van der Waals surface area contributed by atoms with Crippen molar-refractivity contribution in [3.63, 3.8) is 0 Å². The second-order valence-corrected chi connectivity index (χ2v) is 8.17. The second kappa shape index (κ2) is 9.81. The SMILES string of the molecule is CCCCCCc1csc(-c2sccc2CCCCBr)c1. The fourth-order valence-corrected chi connectivity index (χ4v) is 5.01. The summed E-state index contributed by atoms with van der Waals surface area (Å²) in [5, 5.41) is 5.73. The van der Waals surface area contributed by atoms with Gasteiger partial charge in [-0.25, -0.2) is 0 Å². The number of aryl methyl sites for hydroxylation is 2. The maximum absolute atomic E-state index is 3.52. The Labute approximate surface area is 145 Å². The van der Waals surface area contributed by atoms with E-state index in [0.29, 0.717) is 0 Å². The van der Waals surface area contributed by atoms with Crippen LogP contribution in [0.25, 0.3) is 9.75 Å². The van der Waals surface area contributed by atoms with Gasteiger partial charge in [0.15, 0.2) is 0 Å². The van der Waals surface area contributed by atoms with Gasteiger partial charge in [0.2, 0.25) is 0 Å². The third-order valence-electron chi connectivity index (χ3n) is 3.77. The maximum atomic E-state index is 3.52. The van der Waals surface area contributed by atoms with Gasteiger partial charge in [-0.2, -0.15) is 0 Å². The van der Waals surface area contributed by atoms with Crippen molar-refractivity contribution >= 4 is 38.6 Å². The first kappa shape index (κ1) is 17.2. The van der Waals surface area contributed by atoms with Crippen LogP contribution in [0.3, 0.4) is 0 Å². The Hall–Kier alpha value is -0.120. The molecule has 3 heteroatoms. The predicted molar refractivity (Wildman–Crippen MR) is 102 cm³/mol. The molecule has 0 aliphatic heterocycles. The zero-order chi connectivity index (χ0) is 14.9. The van der Waals surface area contributed by atoms with Gasteiger partial charge in [0.25, 0.3) is 0 Å². The number of unbranched alkanes of at least 4 members (excludes halogenated alkanes) is 4. The minimum Gasteiger partial charge on any atom is -0.143 e. The van der Waals surface area contributed by atoms with Crippen molar-refractivity contribution in [3.8, 4) is 9.75 Å². The monoisotopic (exact) mass is 384 g/mol. The van der Waals surface area contributed by atoms with Crippen LogP contribution in [0.15, 0.2) is 22.9 Å². The van der Waals surface area contributed by atoms with E-state index in [1.165, 1.54) is 66.7 Å². The number of alkyl halides is 1. The lowest BCUT2D eigenvalue weighted by Gasteiger charge is -2.01. The van der Waals surface area contributed by atoms with Crippen molar-refractivity contribution in [2.45, 2.75) is 58.3 Å². The Bertz CT molecular complexity index is 513. The molecule has 116 valence electrons. The maximum Gasteiger partial charge on any atom is 0.0474 e. The van der Waals surface area contributed by atoms with Crippen LogP contribution in [-0.2, 0) is 12.8 Å². The van der Waals surface area contributed by atoms with E-state index < -0.39 is 0 Å². The van der Waals surface area contributed by atoms with Gasteiger partial charge < -0.3 is 0 Å². The molecule has 0 saturated carbocycles. The van der Waals surface area contributed by atoms with Crippen molar-refractivity contribution < 1.29 is 0 Å². The molecule has 0 bridgehead atoms. The molecular weight excluding hydrogens is 360 g/mol. The Morgan fingerprint density at radius 3 is 2.67 bits per heavy atom. The molecule has 21 heavy (non-hydrogen) atoms. The number of hydrogen-bond donors (Lipinski definition) is 0. The highest BCUT2D eigenvalue weighted by Crippen LogP contribution is 2.35. The van der Waals surface area contributed by atoms with Crippen molar-refractivity contribution in [1.82, 2.24) is 0 Å². The molecule has 2 rings (SSSR count). The fourth-order valence-electron chi connectivity index (χ4n) is 2.54. The van der Waals surface area contributed by atoms with Gasteiger partial charge in [0.1, 0.15) is 0 Å². The van der Waals surface area contributed by atoms with Gasteiger partial charge in [-0.15, -0.1) is 22.7 Å². The molecule has 2 heterocycles. The first-order valence-electron chi connectivity index (χ1n) is 8.05. The fraction of sp³-hybridized carbons (Fsp3) is 0.556. The quantitative estimate of drug-likeness (QED) is 0.297. The van der Waals surface area contributed by atoms with E-state index in [4.69, 9.17) is 0 Å². The Kier molecular flexibility index (Phi) is 8.05. The molecule has 0 aromatic carbocycles. The summed E-state index contributed by atoms with van der Waals surface area (Å²) in [6.45, 7) is 2.27. The van der Waals surface area contributed by atoms with Crippen molar-refractivity contribution in [2.75, 3.05) is 5.33 Å². The molecule has 0 N–H and O–H groups in total. The lowest BCUT2D eigenvalue weighted by molar-refractivity contribution is 0.667. The number of hydrogen-bond acceptors (Lipinski definition) is 2. The van der Waals surface area contributed by atoms with E-state index in [1.807, 2.05) is 22.7 Å². The predicted octanol–water partition coefficient (Wildman–Crippen LogP) is 7.32. The average molecular weight is 385 g/mol. The average Bonchev–Trinajstić information content (AvgIpc) is 3.12. The van der Waals surface area contributed by atoms with Crippen molar-refractivity contribution in [3.05, 3.63) is 34.0 Å². The number of thiophene rings is 2. The standard InChI is InChI=1S/C18H25BrS2/c1-2-3-4-5-8-15-13-17(21-14-15)18-16(10-12-20-18)9-6-7-11-19/h10,12-14H,2-9,11H2,1H3. The summed E-state index contributed by atoms with van der Waals surface area (Å²) >= 11 is 7.35. The molecule has 0 radical (unpaired) electrons. The summed E-state index contributed by atoms with van der Waals surface area (Å²) in [5.74, 6) is 0. The minimum atomic E-state index is 1.12. The molecule has 0 unspecified atom stereocenters. The Balaban J connectivity index is 1.93. The van der Waals surface area contributed by atoms with E-state index in [9.17, 15) is 0 Å². The first-order valence-corrected chi connectivity index (χ1v) is 10.9. The molecular formula is C18H25BrS2. The zero-order valence-corrected chi connectivity index (χ0v) is 16.1. The van der Waals surface area contributed by atoms with Crippen LogP contribution in [-0.4, -0.2) is 5.33 Å². The number of halogens is 1. The molecule has 0 spiro atoms. The van der Waals surface area contributed by atoms with E-state index in [0.717, 1.165) is 5.33 Å². The van der Waals surface area contributed by atoms with Gasteiger partial charge in [-0.05, 0) is 66.1 Å². The molecule has 0 aliphatic rings. The van der Waals surface area contributed by atoms with E-state index in [2.05, 4.69) is 45.7 Å². The van der Waals surface area contributed by atoms with E-state index in [-0.39, 0.29) is 0 Å². The molecule has 0 fully saturated rings. The van der Waals surface area contributed by atoms with Crippen LogP contribution in [0.5, 0.6) is 0 Å². The smallest absolute Gasteiger partial charge is 0.0474 e. The number of rotatable bonds is 10. The molecule has 2 aromatic heterocycles. The largest absolute Gasteiger partial charge is 0.143 e. The summed E-state index contributed by atoms with van der Waals surface area (Å²) < 4.78 is 0. The highest BCUT2D eigenvalue weighted by atomic mass is 79.9. The molecule has 0 nitrogen and oxygen atoms in total. The third kappa shape index (κ3) is 5.54. The molecule has 0 amide bonds. The normalized spacial score (nSPS) is 11.1. The van der Waals surface area contributed by atoms with Crippen LogP contribution in [0.4, 0.5) is 0 Å². The second-order valence-electron chi connectivity index (χ2n) is 5.55. The van der Waals surface area contributed by atoms with Gasteiger partial charge in [0.05, 0.1) is 0 Å². The van der Waals surface area contributed by atoms with E-state index >= 15 is 0 Å². The van der Waals surface area contributed by atoms with Crippen LogP contribution < -0.4 is 0 Å². The van der Waals surface area contributed by atoms with Crippen LogP contribution in [0, 0.1) is 0 Å². The minimum absolute atomic E-state index is 1.12. The van der Waals surface area contributed by atoms with Crippen LogP contribution in [0.2, 0.25) is 0 Å². The van der Waals surface area contributed by atoms with Gasteiger partial charge in [0, 0.05) is 15.1 Å². The van der Waals surface area contributed by atoms with E-state index in [1.54, 1.807) is 5.56 Å². The summed E-state index contributed by atoms with van der Waals surface area (Å²) in [4.78, 5) is 2.98. The summed E-state index contributed by atoms with van der Waals surface area (Å²) in [6.07, 6.45) is 10.4. The molecule has 0 atom stereocenters. The van der Waals surface area contributed by atoms with Gasteiger partial charge in [-0.3, -0.25) is 0 Å². The lowest BCUT2D eigenvalue weighted by Crippen LogP contribution is -1.86. The third-order valence-corrected chi connectivity index (χ3v) is 6.45. The molecule has 2 aromatic rings. The Morgan fingerprint density at radius 1 is 1.00 bits per heavy atom. The highest BCUT2D eigenvalue weighted by Gasteiger charge is 2.09. The van der Waals surface area contributed by atoms with Crippen molar-refractivity contribution in [2.24, 2.45) is 0 Å². The summed E-state index contributed by atoms with van der Waals surface area (Å²) in [5.41, 5.74) is 3.08. The molecule has 0 aliphatic carbocycles. The van der Waals surface area contributed by atoms with Gasteiger partial charge in [-0.1, -0.05) is 42.1 Å². The highest BCUT2D eigenvalue weighted by molar-refractivity contribution is 9.09. The van der Waals surface area contributed by atoms with Gasteiger partial charge >= 0.3 is 0 Å². The lowest BCUT2D eigenvalue weighted by atomic mass is 10.1. The topological polar surface area (TPSA) is 0 Å². The molecule has 0 saturated heterocycles. The summed E-state index contributed by atoms with van der Waals surface area (Å²) in [7, 11) is 0. The van der Waals surface area contributed by atoms with Crippen LogP contribution >= 0.6 is 38.6 Å². The zero-order valence-electron chi connectivity index (χ0n) is 12.9. The van der Waals surface area contributed by atoms with Crippen molar-refractivity contribution in [1.29, 1.82) is 0 Å².